The lowest BCUT2D eigenvalue weighted by Crippen LogP contribution is -2.13. The molecule has 0 fully saturated rings. The van der Waals surface area contributed by atoms with Crippen LogP contribution in [0.3, 0.4) is 0 Å². The highest BCUT2D eigenvalue weighted by molar-refractivity contribution is 6.26. The second kappa shape index (κ2) is 6.08. The molecule has 3 rings (SSSR count). The number of primary amides is 1. The first-order chi connectivity index (χ1) is 11.5. The third-order valence-electron chi connectivity index (χ3n) is 3.72. The summed E-state index contributed by atoms with van der Waals surface area (Å²) in [6.07, 6.45) is 3.50. The fourth-order valence-electron chi connectivity index (χ4n) is 2.63. The second-order valence-electron chi connectivity index (χ2n) is 5.40. The molecule has 0 saturated carbocycles. The Balaban J connectivity index is 2.16. The molecule has 1 amide bonds. The molecule has 1 aromatic heterocycles. The molecule has 0 aliphatic carbocycles. The molecule has 6 nitrogen and oxygen atoms in total. The van der Waals surface area contributed by atoms with Crippen LogP contribution in [0.4, 0.5) is 0 Å². The number of aryl methyl sites for hydroxylation is 1. The van der Waals surface area contributed by atoms with Crippen LogP contribution in [0.15, 0.2) is 42.6 Å². The number of amides is 1. The third kappa shape index (κ3) is 2.81. The van der Waals surface area contributed by atoms with E-state index in [9.17, 15) is 9.90 Å². The molecule has 6 heteroatoms. The summed E-state index contributed by atoms with van der Waals surface area (Å²) in [6, 6.07) is 10.4. The number of carbonyl (C=O) groups excluding carboxylic acids is 1. The van der Waals surface area contributed by atoms with Gasteiger partial charge in [0.2, 0.25) is 5.91 Å². The maximum Gasteiger partial charge on any atom is 0.249 e. The van der Waals surface area contributed by atoms with E-state index in [2.05, 4.69) is 5.10 Å². The lowest BCUT2D eigenvalue weighted by Gasteiger charge is -2.07. The molecule has 2 aromatic carbocycles. The summed E-state index contributed by atoms with van der Waals surface area (Å²) in [5.74, 6) is -0.214. The number of carbonyl (C=O) groups is 1. The second-order valence-corrected chi connectivity index (χ2v) is 5.40. The van der Waals surface area contributed by atoms with E-state index < -0.39 is 5.91 Å². The van der Waals surface area contributed by atoms with Gasteiger partial charge < -0.3 is 15.6 Å². The number of fused-ring (bicyclic) bond motifs is 1. The Hall–Kier alpha value is -3.28. The van der Waals surface area contributed by atoms with Crippen molar-refractivity contribution in [3.63, 3.8) is 0 Å². The molecule has 0 atom stereocenters. The highest BCUT2D eigenvalue weighted by Crippen LogP contribution is 2.30. The number of benzene rings is 2. The van der Waals surface area contributed by atoms with Crippen molar-refractivity contribution in [2.24, 2.45) is 12.8 Å². The van der Waals surface area contributed by atoms with E-state index in [4.69, 9.17) is 10.5 Å². The minimum atomic E-state index is -0.566. The summed E-state index contributed by atoms with van der Waals surface area (Å²) >= 11 is 0. The van der Waals surface area contributed by atoms with Crippen molar-refractivity contribution in [2.45, 2.75) is 0 Å². The van der Waals surface area contributed by atoms with E-state index in [1.54, 1.807) is 29.0 Å². The van der Waals surface area contributed by atoms with Gasteiger partial charge >= 0.3 is 0 Å². The minimum Gasteiger partial charge on any atom is -0.504 e. The Bertz CT molecular complexity index is 957. The largest absolute Gasteiger partial charge is 0.504 e. The van der Waals surface area contributed by atoms with Crippen LogP contribution in [0.2, 0.25) is 0 Å². The van der Waals surface area contributed by atoms with Crippen LogP contribution in [-0.4, -0.2) is 27.9 Å². The molecule has 1 heterocycles. The Kier molecular flexibility index (Phi) is 3.95. The van der Waals surface area contributed by atoms with Crippen LogP contribution < -0.4 is 10.5 Å². The molecule has 3 aromatic rings. The number of aromatic nitrogens is 2. The van der Waals surface area contributed by atoms with Gasteiger partial charge in [-0.05, 0) is 23.8 Å². The summed E-state index contributed by atoms with van der Waals surface area (Å²) in [5, 5.41) is 15.2. The third-order valence-corrected chi connectivity index (χ3v) is 3.72. The maximum absolute atomic E-state index is 12.0. The quantitative estimate of drug-likeness (QED) is 0.569. The van der Waals surface area contributed by atoms with Gasteiger partial charge in [0.05, 0.1) is 7.11 Å². The molecule has 122 valence electrons. The molecule has 3 N–H and O–H groups in total. The molecule has 0 radical (unpaired) electrons. The van der Waals surface area contributed by atoms with Crippen LogP contribution >= 0.6 is 0 Å². The zero-order chi connectivity index (χ0) is 17.3. The molecular formula is C18H17N3O3. The van der Waals surface area contributed by atoms with Crippen LogP contribution in [-0.2, 0) is 11.8 Å². The van der Waals surface area contributed by atoms with E-state index in [-0.39, 0.29) is 5.75 Å². The topological polar surface area (TPSA) is 90.4 Å². The summed E-state index contributed by atoms with van der Waals surface area (Å²) in [7, 11) is 3.29. The van der Waals surface area contributed by atoms with Crippen LogP contribution in [0, 0.1) is 0 Å². The smallest absolute Gasteiger partial charge is 0.249 e. The Labute approximate surface area is 138 Å². The number of hydrogen-bond acceptors (Lipinski definition) is 4. The Morgan fingerprint density at radius 3 is 2.79 bits per heavy atom. The van der Waals surface area contributed by atoms with Crippen LogP contribution in [0.25, 0.3) is 22.6 Å². The Morgan fingerprint density at radius 1 is 1.33 bits per heavy atom. The van der Waals surface area contributed by atoms with Crippen molar-refractivity contribution < 1.29 is 14.6 Å². The van der Waals surface area contributed by atoms with Gasteiger partial charge in [-0.2, -0.15) is 5.10 Å². The van der Waals surface area contributed by atoms with Gasteiger partial charge in [-0.25, -0.2) is 0 Å². The van der Waals surface area contributed by atoms with Crippen molar-refractivity contribution in [1.82, 2.24) is 9.78 Å². The van der Waals surface area contributed by atoms with Crippen molar-refractivity contribution in [2.75, 3.05) is 7.11 Å². The number of phenols is 1. The van der Waals surface area contributed by atoms with E-state index >= 15 is 0 Å². The first-order valence-electron chi connectivity index (χ1n) is 7.31. The predicted molar refractivity (Wildman–Crippen MR) is 92.4 cm³/mol. The summed E-state index contributed by atoms with van der Waals surface area (Å²) < 4.78 is 6.71. The predicted octanol–water partition coefficient (Wildman–Crippen LogP) is 2.31. The van der Waals surface area contributed by atoms with E-state index in [1.807, 2.05) is 25.4 Å². The van der Waals surface area contributed by atoms with E-state index in [1.165, 1.54) is 13.2 Å². The fourth-order valence-corrected chi connectivity index (χ4v) is 2.63. The zero-order valence-corrected chi connectivity index (χ0v) is 13.4. The average Bonchev–Trinajstić information content (AvgIpc) is 2.92. The van der Waals surface area contributed by atoms with Crippen molar-refractivity contribution in [1.29, 1.82) is 0 Å². The monoisotopic (exact) mass is 323 g/mol. The number of rotatable bonds is 4. The first-order valence-corrected chi connectivity index (χ1v) is 7.31. The molecule has 24 heavy (non-hydrogen) atoms. The highest BCUT2D eigenvalue weighted by Gasteiger charge is 2.14. The van der Waals surface area contributed by atoms with E-state index in [0.717, 1.165) is 5.39 Å². The first kappa shape index (κ1) is 15.6. The summed E-state index contributed by atoms with van der Waals surface area (Å²) in [6.45, 7) is 0. The molecule has 0 spiro atoms. The minimum absolute atomic E-state index is 0.00823. The molecular weight excluding hydrogens is 306 g/mol. The molecule has 0 unspecified atom stereocenters. The number of aromatic hydroxyl groups is 1. The maximum atomic E-state index is 12.0. The molecule has 0 bridgehead atoms. The number of nitrogens with two attached hydrogens (primary N) is 1. The number of phenolic OH excluding ortho intramolecular Hbond substituents is 1. The number of nitrogens with zero attached hydrogens (tertiary/aromatic N) is 2. The van der Waals surface area contributed by atoms with Gasteiger partial charge in [0.1, 0.15) is 5.52 Å². The van der Waals surface area contributed by atoms with Gasteiger partial charge in [-0.3, -0.25) is 9.48 Å². The highest BCUT2D eigenvalue weighted by atomic mass is 16.5. The normalized spacial score (nSPS) is 11.7. The number of hydrogen-bond donors (Lipinski definition) is 2. The van der Waals surface area contributed by atoms with Gasteiger partial charge in [-0.15, -0.1) is 0 Å². The van der Waals surface area contributed by atoms with Crippen molar-refractivity contribution in [3.05, 3.63) is 53.7 Å². The average molecular weight is 323 g/mol. The van der Waals surface area contributed by atoms with Crippen molar-refractivity contribution >= 4 is 28.5 Å². The number of methoxy groups -OCH3 is 1. The fraction of sp³-hybridized carbons (Fsp3) is 0.111. The molecule has 0 saturated heterocycles. The molecule has 0 aliphatic heterocycles. The van der Waals surface area contributed by atoms with Crippen LogP contribution in [0.5, 0.6) is 11.5 Å². The zero-order valence-electron chi connectivity index (χ0n) is 13.4. The van der Waals surface area contributed by atoms with Crippen molar-refractivity contribution in [3.8, 4) is 11.5 Å². The lowest BCUT2D eigenvalue weighted by atomic mass is 10.00. The van der Waals surface area contributed by atoms with Gasteiger partial charge in [0, 0.05) is 29.8 Å². The van der Waals surface area contributed by atoms with E-state index in [0.29, 0.717) is 28.0 Å². The summed E-state index contributed by atoms with van der Waals surface area (Å²) in [5.41, 5.74) is 7.88. The van der Waals surface area contributed by atoms with Gasteiger partial charge in [-0.1, -0.05) is 24.3 Å². The standard InChI is InChI=1S/C18H17N3O3/c1-21-10-12-4-3-5-13(17(12)20-21)14(18(19)23)8-11-6-7-16(24-2)15(22)9-11/h3-10,22H,1-2H3,(H2,19,23)/b14-8+. The van der Waals surface area contributed by atoms with Crippen LogP contribution in [0.1, 0.15) is 11.1 Å². The summed E-state index contributed by atoms with van der Waals surface area (Å²) in [4.78, 5) is 12.0. The number of ether oxygens (including phenoxy) is 1. The lowest BCUT2D eigenvalue weighted by molar-refractivity contribution is -0.112. The SMILES string of the molecule is COc1ccc(/C=C(/C(N)=O)c2cccc3cn(C)nc23)cc1O. The van der Waals surface area contributed by atoms with Gasteiger partial charge in [0.15, 0.2) is 11.5 Å². The molecule has 0 aliphatic rings. The Morgan fingerprint density at radius 2 is 2.12 bits per heavy atom. The van der Waals surface area contributed by atoms with Gasteiger partial charge in [0.25, 0.3) is 0 Å².